The highest BCUT2D eigenvalue weighted by molar-refractivity contribution is 7.44. The van der Waals surface area contributed by atoms with Crippen molar-refractivity contribution in [1.82, 2.24) is 14.2 Å². The first kappa shape index (κ1) is 41.1. The topological polar surface area (TPSA) is 171 Å². The first-order valence-electron chi connectivity index (χ1n) is 18.9. The number of benzene rings is 3. The Bertz CT molecular complexity index is 2050. The second kappa shape index (κ2) is 17.3. The highest BCUT2D eigenvalue weighted by Gasteiger charge is 2.57. The van der Waals surface area contributed by atoms with Crippen LogP contribution in [0.25, 0.3) is 0 Å². The molecule has 56 heavy (non-hydrogen) atoms. The summed E-state index contributed by atoms with van der Waals surface area (Å²) in [5.41, 5.74) is 6.35. The molecule has 6 atom stereocenters. The molecule has 2 unspecified atom stereocenters. The molecule has 0 radical (unpaired) electrons. The van der Waals surface area contributed by atoms with E-state index >= 15 is 0 Å². The first-order chi connectivity index (χ1) is 26.8. The molecule has 2 aliphatic heterocycles. The number of hydrogen-bond acceptors (Lipinski definition) is 12. The molecule has 1 fully saturated rings. The minimum absolute atomic E-state index is 0.0420. The number of nitrogens with two attached hydrogens (primary N) is 1. The number of ketones is 1. The van der Waals surface area contributed by atoms with E-state index in [4.69, 9.17) is 29.0 Å². The van der Waals surface area contributed by atoms with Crippen LogP contribution in [-0.2, 0) is 28.9 Å². The lowest BCUT2D eigenvalue weighted by molar-refractivity contribution is -0.152. The van der Waals surface area contributed by atoms with E-state index in [1.165, 1.54) is 10.8 Å². The van der Waals surface area contributed by atoms with Crippen LogP contribution >= 0.6 is 8.53 Å². The number of nitrogen functional groups attached to an aromatic ring is 1. The summed E-state index contributed by atoms with van der Waals surface area (Å²) in [5.74, 6) is 0.229. The standard InChI is InChI=1S/C42H50N5O8P/c1-25(2)34(48)37(55-56(51-23-15-22-43)47(26(3)4)27(5)6)38-36(35(49)40(53-38)46-24-28(7)39(44)45-41(46)50)54-42(29-16-9-8-10-17-29)30-18-11-13-20-32(30)52-33-21-14-12-19-31(33)42/h8-14,16-21,24-27,35-38,40,49H,15,23H2,1-7H3,(H2,44,45,50)/t35-,36+,37?,38+,40-,56?/m1/s1. The van der Waals surface area contributed by atoms with E-state index < -0.39 is 56.4 Å². The zero-order chi connectivity index (χ0) is 40.3. The van der Waals surface area contributed by atoms with Gasteiger partial charge in [-0.05, 0) is 52.3 Å². The van der Waals surface area contributed by atoms with E-state index in [-0.39, 0.29) is 36.7 Å². The summed E-state index contributed by atoms with van der Waals surface area (Å²) in [6.07, 6.45) is -5.33. The van der Waals surface area contributed by atoms with Crippen molar-refractivity contribution in [2.75, 3.05) is 12.3 Å². The number of aromatic nitrogens is 2. The van der Waals surface area contributed by atoms with Crippen LogP contribution in [0, 0.1) is 24.2 Å². The lowest BCUT2D eigenvalue weighted by atomic mass is 9.77. The number of anilines is 1. The summed E-state index contributed by atoms with van der Waals surface area (Å²) in [5, 5.41) is 21.9. The van der Waals surface area contributed by atoms with Crippen LogP contribution in [0.5, 0.6) is 11.5 Å². The van der Waals surface area contributed by atoms with E-state index in [0.29, 0.717) is 28.2 Å². The molecular formula is C42H50N5O8P. The highest BCUT2D eigenvalue weighted by atomic mass is 31.2. The van der Waals surface area contributed by atoms with Gasteiger partial charge in [-0.3, -0.25) is 9.36 Å². The predicted octanol–water partition coefficient (Wildman–Crippen LogP) is 6.76. The molecule has 1 aromatic heterocycles. The number of nitriles is 1. The molecule has 0 aliphatic carbocycles. The summed E-state index contributed by atoms with van der Waals surface area (Å²) < 4.78 is 36.9. The van der Waals surface area contributed by atoms with Gasteiger partial charge in [-0.1, -0.05) is 80.6 Å². The van der Waals surface area contributed by atoms with Crippen molar-refractivity contribution in [2.24, 2.45) is 5.92 Å². The number of aliphatic hydroxyl groups excluding tert-OH is 1. The van der Waals surface area contributed by atoms with Gasteiger partial charge < -0.3 is 34.1 Å². The van der Waals surface area contributed by atoms with E-state index in [2.05, 4.69) is 11.1 Å². The Kier molecular flexibility index (Phi) is 12.7. The third kappa shape index (κ3) is 7.88. The van der Waals surface area contributed by atoms with Gasteiger partial charge in [-0.2, -0.15) is 10.2 Å². The number of para-hydroxylation sites is 2. The third-order valence-electron chi connectivity index (χ3n) is 9.96. The number of aliphatic hydroxyl groups is 1. The Hall–Kier alpha value is -4.51. The molecule has 2 aliphatic rings. The number of ether oxygens (including phenoxy) is 3. The number of fused-ring (bicyclic) bond motifs is 2. The fourth-order valence-corrected chi connectivity index (χ4v) is 9.10. The quantitative estimate of drug-likeness (QED) is 0.0961. The molecule has 296 valence electrons. The van der Waals surface area contributed by atoms with Gasteiger partial charge in [0, 0.05) is 40.9 Å². The Labute approximate surface area is 328 Å². The van der Waals surface area contributed by atoms with E-state index in [1.807, 2.05) is 111 Å². The number of carbonyl (C=O) groups is 1. The number of hydrogen-bond donors (Lipinski definition) is 2. The molecule has 0 amide bonds. The maximum Gasteiger partial charge on any atom is 0.351 e. The van der Waals surface area contributed by atoms with Crippen molar-refractivity contribution >= 4 is 20.1 Å². The van der Waals surface area contributed by atoms with Crippen molar-refractivity contribution in [2.45, 2.75) is 103 Å². The summed E-state index contributed by atoms with van der Waals surface area (Å²) >= 11 is 0. The average Bonchev–Trinajstić information content (AvgIpc) is 3.48. The van der Waals surface area contributed by atoms with Gasteiger partial charge in [0.25, 0.3) is 8.53 Å². The molecule has 14 heteroatoms. The zero-order valence-corrected chi connectivity index (χ0v) is 33.6. The molecule has 1 saturated heterocycles. The van der Waals surface area contributed by atoms with Crippen molar-refractivity contribution in [1.29, 1.82) is 5.26 Å². The molecule has 6 rings (SSSR count). The largest absolute Gasteiger partial charge is 0.457 e. The van der Waals surface area contributed by atoms with Crippen LogP contribution in [0.4, 0.5) is 5.82 Å². The molecular weight excluding hydrogens is 733 g/mol. The minimum atomic E-state index is -1.98. The summed E-state index contributed by atoms with van der Waals surface area (Å²) in [6.45, 7) is 13.3. The number of carbonyl (C=O) groups excluding carboxylic acids is 1. The van der Waals surface area contributed by atoms with Gasteiger partial charge in [0.15, 0.2) is 23.7 Å². The van der Waals surface area contributed by atoms with Crippen molar-refractivity contribution in [3.05, 3.63) is 118 Å². The third-order valence-corrected chi connectivity index (χ3v) is 12.1. The van der Waals surface area contributed by atoms with E-state index in [0.717, 1.165) is 5.56 Å². The van der Waals surface area contributed by atoms with E-state index in [9.17, 15) is 20.0 Å². The van der Waals surface area contributed by atoms with Crippen LogP contribution in [-0.4, -0.2) is 68.2 Å². The summed E-state index contributed by atoms with van der Waals surface area (Å²) in [6, 6.07) is 26.5. The lowest BCUT2D eigenvalue weighted by Gasteiger charge is -2.44. The van der Waals surface area contributed by atoms with Crippen molar-refractivity contribution in [3.8, 4) is 17.6 Å². The number of Topliss-reactive ketones (excluding diaryl/α,β-unsaturated/α-hetero) is 1. The smallest absolute Gasteiger partial charge is 0.351 e. The first-order valence-corrected chi connectivity index (χ1v) is 20.0. The van der Waals surface area contributed by atoms with Crippen molar-refractivity contribution in [3.63, 3.8) is 0 Å². The molecule has 4 aromatic rings. The lowest BCUT2D eigenvalue weighted by Crippen LogP contribution is -2.51. The Balaban J connectivity index is 1.58. The van der Waals surface area contributed by atoms with Gasteiger partial charge in [0.1, 0.15) is 35.6 Å². The van der Waals surface area contributed by atoms with Crippen LogP contribution in [0.3, 0.4) is 0 Å². The van der Waals surface area contributed by atoms with Crippen LogP contribution in [0.15, 0.2) is 89.9 Å². The Morgan fingerprint density at radius 1 is 1.00 bits per heavy atom. The monoisotopic (exact) mass is 783 g/mol. The van der Waals surface area contributed by atoms with Crippen LogP contribution < -0.4 is 16.2 Å². The summed E-state index contributed by atoms with van der Waals surface area (Å²) in [7, 11) is -1.98. The molecule has 0 saturated carbocycles. The number of aryl methyl sites for hydroxylation is 1. The molecule has 3 heterocycles. The second-order valence-corrected chi connectivity index (χ2v) is 16.2. The number of rotatable bonds is 15. The molecule has 0 bridgehead atoms. The molecule has 13 nitrogen and oxygen atoms in total. The highest BCUT2D eigenvalue weighted by Crippen LogP contribution is 2.55. The predicted molar refractivity (Wildman–Crippen MR) is 212 cm³/mol. The van der Waals surface area contributed by atoms with Gasteiger partial charge in [-0.15, -0.1) is 0 Å². The van der Waals surface area contributed by atoms with Gasteiger partial charge in [0.05, 0.1) is 19.1 Å². The minimum Gasteiger partial charge on any atom is -0.457 e. The van der Waals surface area contributed by atoms with E-state index in [1.54, 1.807) is 20.8 Å². The fourth-order valence-electron chi connectivity index (χ4n) is 7.38. The van der Waals surface area contributed by atoms with Crippen LogP contribution in [0.1, 0.15) is 76.4 Å². The summed E-state index contributed by atoms with van der Waals surface area (Å²) in [4.78, 5) is 32.1. The Morgan fingerprint density at radius 3 is 2.16 bits per heavy atom. The Morgan fingerprint density at radius 2 is 1.59 bits per heavy atom. The maximum atomic E-state index is 14.6. The SMILES string of the molecule is Cc1cn([C@@H]2O[C@H](C(OP(OCCC#N)N(C(C)C)C(C)C)C(=O)C(C)C)[C@@H](OC3(c4ccccc4)c4ccccc4Oc4ccccc43)[C@H]2O)c(=O)nc1N. The molecule has 0 spiro atoms. The fraction of sp³-hybridized carbons (Fsp3) is 0.429. The molecule has 3 N–H and O–H groups in total. The second-order valence-electron chi connectivity index (χ2n) is 14.8. The van der Waals surface area contributed by atoms with Gasteiger partial charge in [0.2, 0.25) is 0 Å². The molecule has 3 aromatic carbocycles. The van der Waals surface area contributed by atoms with Crippen LogP contribution in [0.2, 0.25) is 0 Å². The van der Waals surface area contributed by atoms with Crippen molar-refractivity contribution < 1.29 is 33.2 Å². The normalized spacial score (nSPS) is 21.1. The maximum absolute atomic E-state index is 14.6. The average molecular weight is 784 g/mol. The van der Waals surface area contributed by atoms with Gasteiger partial charge in [-0.25, -0.2) is 9.46 Å². The zero-order valence-electron chi connectivity index (χ0n) is 32.7. The van der Waals surface area contributed by atoms with Gasteiger partial charge >= 0.3 is 5.69 Å². The number of nitrogens with zero attached hydrogens (tertiary/aromatic N) is 4.